The van der Waals surface area contributed by atoms with Gasteiger partial charge in [-0.2, -0.15) is 5.10 Å². The van der Waals surface area contributed by atoms with E-state index < -0.39 is 0 Å². The number of carbonyl (C=O) groups is 1. The Morgan fingerprint density at radius 3 is 3.00 bits per heavy atom. The maximum absolute atomic E-state index is 11.7. The Morgan fingerprint density at radius 1 is 1.53 bits per heavy atom. The van der Waals surface area contributed by atoms with Gasteiger partial charge in [0.25, 0.3) is 5.91 Å². The van der Waals surface area contributed by atoms with Gasteiger partial charge in [0.2, 0.25) is 0 Å². The maximum atomic E-state index is 11.7. The summed E-state index contributed by atoms with van der Waals surface area (Å²) in [4.78, 5) is 11.7. The van der Waals surface area contributed by atoms with Crippen molar-refractivity contribution in [2.75, 3.05) is 12.3 Å². The average Bonchev–Trinajstić information content (AvgIpc) is 2.83. The van der Waals surface area contributed by atoms with Gasteiger partial charge >= 0.3 is 0 Å². The molecule has 1 amide bonds. The highest BCUT2D eigenvalue weighted by molar-refractivity contribution is 5.95. The van der Waals surface area contributed by atoms with Crippen molar-refractivity contribution < 1.29 is 4.79 Å². The second-order valence-electron chi connectivity index (χ2n) is 3.58. The molecule has 0 saturated heterocycles. The SMILES string of the molecule is CCNC(=O)c1ccc(N)c(-n2cccn2)c1. The van der Waals surface area contributed by atoms with Crippen molar-refractivity contribution in [1.82, 2.24) is 15.1 Å². The Morgan fingerprint density at radius 2 is 2.35 bits per heavy atom. The summed E-state index contributed by atoms with van der Waals surface area (Å²) in [5.74, 6) is -0.110. The number of hydrogen-bond donors (Lipinski definition) is 2. The Hall–Kier alpha value is -2.30. The van der Waals surface area contributed by atoms with Crippen LogP contribution in [0.15, 0.2) is 36.7 Å². The zero-order valence-electron chi connectivity index (χ0n) is 9.55. The first-order valence-electron chi connectivity index (χ1n) is 5.40. The van der Waals surface area contributed by atoms with E-state index in [1.165, 1.54) is 0 Å². The number of nitrogens with zero attached hydrogens (tertiary/aromatic N) is 2. The third-order valence-corrected chi connectivity index (χ3v) is 2.38. The number of nitrogens with two attached hydrogens (primary N) is 1. The third kappa shape index (κ3) is 2.28. The molecule has 1 heterocycles. The molecule has 3 N–H and O–H groups in total. The number of rotatable bonds is 3. The Bertz CT molecular complexity index is 519. The lowest BCUT2D eigenvalue weighted by Gasteiger charge is -2.08. The van der Waals surface area contributed by atoms with Gasteiger partial charge in [-0.3, -0.25) is 4.79 Å². The largest absolute Gasteiger partial charge is 0.397 e. The lowest BCUT2D eigenvalue weighted by atomic mass is 10.1. The van der Waals surface area contributed by atoms with Crippen LogP contribution in [0.3, 0.4) is 0 Å². The van der Waals surface area contributed by atoms with Gasteiger partial charge in [-0.15, -0.1) is 0 Å². The van der Waals surface area contributed by atoms with Crippen molar-refractivity contribution in [3.8, 4) is 5.69 Å². The van der Waals surface area contributed by atoms with E-state index in [-0.39, 0.29) is 5.91 Å². The lowest BCUT2D eigenvalue weighted by molar-refractivity contribution is 0.0956. The van der Waals surface area contributed by atoms with Gasteiger partial charge in [0.1, 0.15) is 0 Å². The monoisotopic (exact) mass is 230 g/mol. The van der Waals surface area contributed by atoms with Crippen LogP contribution in [0.4, 0.5) is 5.69 Å². The fourth-order valence-corrected chi connectivity index (χ4v) is 1.56. The molecule has 88 valence electrons. The van der Waals surface area contributed by atoms with Gasteiger partial charge < -0.3 is 11.1 Å². The fraction of sp³-hybridized carbons (Fsp3) is 0.167. The number of benzene rings is 1. The van der Waals surface area contributed by atoms with Gasteiger partial charge in [-0.25, -0.2) is 4.68 Å². The predicted molar refractivity (Wildman–Crippen MR) is 66.0 cm³/mol. The molecule has 5 heteroatoms. The van der Waals surface area contributed by atoms with E-state index in [0.717, 1.165) is 0 Å². The van der Waals surface area contributed by atoms with Crippen molar-refractivity contribution in [2.24, 2.45) is 0 Å². The first-order valence-corrected chi connectivity index (χ1v) is 5.40. The summed E-state index contributed by atoms with van der Waals surface area (Å²) in [6, 6.07) is 6.94. The molecule has 0 radical (unpaired) electrons. The van der Waals surface area contributed by atoms with Crippen molar-refractivity contribution >= 4 is 11.6 Å². The minimum atomic E-state index is -0.110. The van der Waals surface area contributed by atoms with Gasteiger partial charge in [0.15, 0.2) is 0 Å². The van der Waals surface area contributed by atoms with Gasteiger partial charge in [-0.1, -0.05) is 0 Å². The fourth-order valence-electron chi connectivity index (χ4n) is 1.56. The molecule has 0 aliphatic heterocycles. The molecule has 0 aliphatic carbocycles. The number of amides is 1. The second-order valence-corrected chi connectivity index (χ2v) is 3.58. The zero-order chi connectivity index (χ0) is 12.3. The summed E-state index contributed by atoms with van der Waals surface area (Å²) in [7, 11) is 0. The van der Waals surface area contributed by atoms with E-state index >= 15 is 0 Å². The quantitative estimate of drug-likeness (QED) is 0.778. The first kappa shape index (κ1) is 11.2. The molecule has 0 saturated carbocycles. The normalized spacial score (nSPS) is 10.2. The topological polar surface area (TPSA) is 72.9 Å². The molecule has 5 nitrogen and oxygen atoms in total. The first-order chi connectivity index (χ1) is 8.22. The van der Waals surface area contributed by atoms with Crippen LogP contribution < -0.4 is 11.1 Å². The maximum Gasteiger partial charge on any atom is 0.251 e. The van der Waals surface area contributed by atoms with Crippen LogP contribution in [0.2, 0.25) is 0 Å². The summed E-state index contributed by atoms with van der Waals surface area (Å²) in [5.41, 5.74) is 7.73. The third-order valence-electron chi connectivity index (χ3n) is 2.38. The van der Waals surface area contributed by atoms with Crippen LogP contribution in [-0.2, 0) is 0 Å². The smallest absolute Gasteiger partial charge is 0.251 e. The summed E-state index contributed by atoms with van der Waals surface area (Å²) in [6.07, 6.45) is 3.45. The van der Waals surface area contributed by atoms with E-state index in [4.69, 9.17) is 5.73 Å². The van der Waals surface area contributed by atoms with Crippen molar-refractivity contribution in [2.45, 2.75) is 6.92 Å². The van der Waals surface area contributed by atoms with Crippen LogP contribution >= 0.6 is 0 Å². The number of hydrogen-bond acceptors (Lipinski definition) is 3. The van der Waals surface area contributed by atoms with E-state index in [9.17, 15) is 4.79 Å². The number of nitrogen functional groups attached to an aromatic ring is 1. The van der Waals surface area contributed by atoms with Crippen LogP contribution in [0, 0.1) is 0 Å². The van der Waals surface area contributed by atoms with Gasteiger partial charge in [0.05, 0.1) is 11.4 Å². The summed E-state index contributed by atoms with van der Waals surface area (Å²) in [5, 5.41) is 6.84. The highest BCUT2D eigenvalue weighted by Gasteiger charge is 2.08. The van der Waals surface area contributed by atoms with Gasteiger partial charge in [-0.05, 0) is 31.2 Å². The van der Waals surface area contributed by atoms with Crippen molar-refractivity contribution in [3.05, 3.63) is 42.2 Å². The zero-order valence-corrected chi connectivity index (χ0v) is 9.55. The molecule has 1 aromatic carbocycles. The Labute approximate surface area is 99.2 Å². The highest BCUT2D eigenvalue weighted by atomic mass is 16.1. The molecule has 0 fully saturated rings. The Balaban J connectivity index is 2.40. The van der Waals surface area contributed by atoms with E-state index in [0.29, 0.717) is 23.5 Å². The Kier molecular flexibility index (Phi) is 3.09. The molecule has 17 heavy (non-hydrogen) atoms. The number of aromatic nitrogens is 2. The molecule has 0 aliphatic rings. The minimum Gasteiger partial charge on any atom is -0.397 e. The highest BCUT2D eigenvalue weighted by Crippen LogP contribution is 2.18. The average molecular weight is 230 g/mol. The summed E-state index contributed by atoms with van der Waals surface area (Å²) in [6.45, 7) is 2.48. The standard InChI is InChI=1S/C12H14N4O/c1-2-14-12(17)9-4-5-10(13)11(8-9)16-7-3-6-15-16/h3-8H,2,13H2,1H3,(H,14,17). The van der Waals surface area contributed by atoms with E-state index in [2.05, 4.69) is 10.4 Å². The van der Waals surface area contributed by atoms with E-state index in [1.807, 2.05) is 6.92 Å². The number of carbonyl (C=O) groups excluding carboxylic acids is 1. The molecule has 0 spiro atoms. The summed E-state index contributed by atoms with van der Waals surface area (Å²) >= 11 is 0. The van der Waals surface area contributed by atoms with Crippen molar-refractivity contribution in [1.29, 1.82) is 0 Å². The molecular weight excluding hydrogens is 216 g/mol. The lowest BCUT2D eigenvalue weighted by Crippen LogP contribution is -2.22. The van der Waals surface area contributed by atoms with Gasteiger partial charge in [0, 0.05) is 24.5 Å². The van der Waals surface area contributed by atoms with Crippen molar-refractivity contribution in [3.63, 3.8) is 0 Å². The molecule has 0 unspecified atom stereocenters. The van der Waals surface area contributed by atoms with Crippen LogP contribution in [0.1, 0.15) is 17.3 Å². The molecule has 2 aromatic rings. The molecule has 1 aromatic heterocycles. The van der Waals surface area contributed by atoms with Crippen LogP contribution in [0.5, 0.6) is 0 Å². The molecule has 0 bridgehead atoms. The second kappa shape index (κ2) is 4.69. The molecule has 0 atom stereocenters. The molecular formula is C12H14N4O. The molecule has 2 rings (SSSR count). The van der Waals surface area contributed by atoms with Crippen LogP contribution in [-0.4, -0.2) is 22.2 Å². The van der Waals surface area contributed by atoms with E-state index in [1.54, 1.807) is 41.3 Å². The number of nitrogens with one attached hydrogen (secondary N) is 1. The minimum absolute atomic E-state index is 0.110. The predicted octanol–water partition coefficient (Wildman–Crippen LogP) is 1.20. The summed E-state index contributed by atoms with van der Waals surface area (Å²) < 4.78 is 1.64. The number of anilines is 1. The van der Waals surface area contributed by atoms with Crippen LogP contribution in [0.25, 0.3) is 5.69 Å².